The number of aromatic nitrogens is 1. The number of hydrogen-bond acceptors (Lipinski definition) is 1. The Bertz CT molecular complexity index is 599. The lowest BCUT2D eigenvalue weighted by molar-refractivity contribution is 1.17. The second kappa shape index (κ2) is 3.38. The summed E-state index contributed by atoms with van der Waals surface area (Å²) in [6, 6.07) is 3.54. The van der Waals surface area contributed by atoms with E-state index in [0.29, 0.717) is 10.4 Å². The molecule has 0 aliphatic rings. The van der Waals surface area contributed by atoms with Gasteiger partial charge < -0.3 is 4.98 Å². The van der Waals surface area contributed by atoms with Crippen LogP contribution in [0.3, 0.4) is 0 Å². The number of H-pyrrole nitrogens is 1. The Morgan fingerprint density at radius 1 is 1.13 bits per heavy atom. The number of aryl methyl sites for hydroxylation is 2. The molecule has 0 fully saturated rings. The van der Waals surface area contributed by atoms with E-state index in [-0.39, 0.29) is 5.43 Å². The molecule has 0 atom stereocenters. The van der Waals surface area contributed by atoms with Crippen molar-refractivity contribution in [1.82, 2.24) is 4.98 Å². The molecule has 0 unspecified atom stereocenters. The van der Waals surface area contributed by atoms with Crippen molar-refractivity contribution in [2.75, 3.05) is 0 Å². The fraction of sp³-hybridized carbons (Fsp3) is 0.250. The van der Waals surface area contributed by atoms with E-state index in [4.69, 9.17) is 11.6 Å². The van der Waals surface area contributed by atoms with Crippen molar-refractivity contribution in [3.05, 3.63) is 44.2 Å². The normalized spacial score (nSPS) is 10.9. The topological polar surface area (TPSA) is 32.9 Å². The Balaban J connectivity index is 3.06. The van der Waals surface area contributed by atoms with Crippen molar-refractivity contribution in [3.8, 4) is 0 Å². The third-order valence-electron chi connectivity index (χ3n) is 2.86. The second-order valence-electron chi connectivity index (χ2n) is 3.80. The zero-order valence-electron chi connectivity index (χ0n) is 8.94. The Morgan fingerprint density at radius 2 is 1.80 bits per heavy atom. The number of nitrogens with one attached hydrogen (secondary N) is 1. The molecule has 1 N–H and O–H groups in total. The van der Waals surface area contributed by atoms with Crippen LogP contribution in [0.25, 0.3) is 10.9 Å². The first kappa shape index (κ1) is 10.2. The molecule has 3 heteroatoms. The van der Waals surface area contributed by atoms with Crippen molar-refractivity contribution in [2.45, 2.75) is 20.8 Å². The molecule has 15 heavy (non-hydrogen) atoms. The summed E-state index contributed by atoms with van der Waals surface area (Å²) in [7, 11) is 0. The van der Waals surface area contributed by atoms with E-state index in [1.165, 1.54) is 0 Å². The smallest absolute Gasteiger partial charge is 0.192 e. The molecular formula is C12H12ClNO. The maximum absolute atomic E-state index is 11.9. The number of fused-ring (bicyclic) bond motifs is 1. The highest BCUT2D eigenvalue weighted by molar-refractivity contribution is 6.32. The highest BCUT2D eigenvalue weighted by atomic mass is 35.5. The fourth-order valence-corrected chi connectivity index (χ4v) is 1.85. The van der Waals surface area contributed by atoms with Gasteiger partial charge in [0.25, 0.3) is 0 Å². The molecule has 2 aromatic rings. The lowest BCUT2D eigenvalue weighted by Crippen LogP contribution is -2.10. The van der Waals surface area contributed by atoms with Crippen molar-refractivity contribution in [3.63, 3.8) is 0 Å². The molecule has 0 saturated carbocycles. The second-order valence-corrected chi connectivity index (χ2v) is 4.21. The number of benzene rings is 1. The van der Waals surface area contributed by atoms with Crippen molar-refractivity contribution >= 4 is 22.5 Å². The summed E-state index contributed by atoms with van der Waals surface area (Å²) in [5.41, 5.74) is 3.52. The number of halogens is 1. The summed E-state index contributed by atoms with van der Waals surface area (Å²) in [5, 5.41) is 1.39. The van der Waals surface area contributed by atoms with Gasteiger partial charge in [-0.2, -0.15) is 0 Å². The van der Waals surface area contributed by atoms with Gasteiger partial charge in [-0.15, -0.1) is 0 Å². The molecule has 2 nitrogen and oxygen atoms in total. The molecule has 0 aliphatic heterocycles. The van der Waals surface area contributed by atoms with Crippen LogP contribution in [-0.2, 0) is 0 Å². The summed E-state index contributed by atoms with van der Waals surface area (Å²) in [6.45, 7) is 5.64. The van der Waals surface area contributed by atoms with Crippen LogP contribution in [0.1, 0.15) is 16.8 Å². The van der Waals surface area contributed by atoms with Crippen LogP contribution in [0.2, 0.25) is 5.02 Å². The molecule has 1 heterocycles. The summed E-state index contributed by atoms with van der Waals surface area (Å²) in [5.74, 6) is 0. The summed E-state index contributed by atoms with van der Waals surface area (Å²) < 4.78 is 0. The SMILES string of the molecule is Cc1[nH]c2c(C)c(Cl)ccc2c(=O)c1C. The molecule has 1 aromatic heterocycles. The monoisotopic (exact) mass is 221 g/mol. The van der Waals surface area contributed by atoms with E-state index < -0.39 is 0 Å². The Kier molecular flexibility index (Phi) is 2.31. The van der Waals surface area contributed by atoms with Gasteiger partial charge in [-0.25, -0.2) is 0 Å². The molecule has 1 aromatic carbocycles. The van der Waals surface area contributed by atoms with E-state index >= 15 is 0 Å². The van der Waals surface area contributed by atoms with E-state index in [1.807, 2.05) is 20.8 Å². The fourth-order valence-electron chi connectivity index (χ4n) is 1.69. The molecule has 0 bridgehead atoms. The van der Waals surface area contributed by atoms with Crippen LogP contribution >= 0.6 is 11.6 Å². The summed E-state index contributed by atoms with van der Waals surface area (Å²) in [4.78, 5) is 15.2. The Morgan fingerprint density at radius 3 is 2.47 bits per heavy atom. The predicted octanol–water partition coefficient (Wildman–Crippen LogP) is 3.11. The maximum Gasteiger partial charge on any atom is 0.192 e. The quantitative estimate of drug-likeness (QED) is 0.729. The number of pyridine rings is 1. The van der Waals surface area contributed by atoms with Crippen LogP contribution in [0, 0.1) is 20.8 Å². The minimum absolute atomic E-state index is 0.0843. The Hall–Kier alpha value is -1.28. The minimum Gasteiger partial charge on any atom is -0.358 e. The largest absolute Gasteiger partial charge is 0.358 e. The first-order valence-electron chi connectivity index (χ1n) is 4.80. The van der Waals surface area contributed by atoms with Crippen LogP contribution in [0.4, 0.5) is 0 Å². The van der Waals surface area contributed by atoms with Gasteiger partial charge in [-0.1, -0.05) is 11.6 Å². The Labute approximate surface area is 92.9 Å². The molecule has 0 aliphatic carbocycles. The number of rotatable bonds is 0. The first-order valence-corrected chi connectivity index (χ1v) is 5.18. The molecule has 0 spiro atoms. The van der Waals surface area contributed by atoms with Crippen molar-refractivity contribution in [1.29, 1.82) is 0 Å². The predicted molar refractivity (Wildman–Crippen MR) is 63.8 cm³/mol. The standard InChI is InChI=1S/C12H12ClNO/c1-6-8(3)14-11-7(2)10(13)5-4-9(11)12(6)15/h4-5H,1-3H3,(H,14,15). The summed E-state index contributed by atoms with van der Waals surface area (Å²) >= 11 is 6.01. The molecule has 78 valence electrons. The van der Waals surface area contributed by atoms with Crippen molar-refractivity contribution < 1.29 is 0 Å². The van der Waals surface area contributed by atoms with E-state index in [2.05, 4.69) is 4.98 Å². The van der Waals surface area contributed by atoms with Crippen LogP contribution in [0.15, 0.2) is 16.9 Å². The van der Waals surface area contributed by atoms with Gasteiger partial charge in [-0.3, -0.25) is 4.79 Å². The zero-order chi connectivity index (χ0) is 11.2. The average Bonchev–Trinajstić information content (AvgIpc) is 2.21. The van der Waals surface area contributed by atoms with Gasteiger partial charge in [0.2, 0.25) is 0 Å². The zero-order valence-corrected chi connectivity index (χ0v) is 9.70. The van der Waals surface area contributed by atoms with Gasteiger partial charge in [-0.05, 0) is 38.5 Å². The van der Waals surface area contributed by atoms with Crippen LogP contribution in [0.5, 0.6) is 0 Å². The average molecular weight is 222 g/mol. The van der Waals surface area contributed by atoms with Crippen LogP contribution in [-0.4, -0.2) is 4.98 Å². The molecule has 0 amide bonds. The van der Waals surface area contributed by atoms with Gasteiger partial charge in [0, 0.05) is 21.7 Å². The molecule has 0 radical (unpaired) electrons. The molecule has 2 rings (SSSR count). The molecule has 0 saturated heterocycles. The third kappa shape index (κ3) is 1.45. The lowest BCUT2D eigenvalue weighted by atomic mass is 10.1. The highest BCUT2D eigenvalue weighted by Crippen LogP contribution is 2.22. The van der Waals surface area contributed by atoms with Gasteiger partial charge in [0.1, 0.15) is 0 Å². The number of aromatic amines is 1. The number of hydrogen-bond donors (Lipinski definition) is 1. The minimum atomic E-state index is 0.0843. The third-order valence-corrected chi connectivity index (χ3v) is 3.27. The first-order chi connectivity index (χ1) is 7.02. The van der Waals surface area contributed by atoms with Gasteiger partial charge in [0.05, 0.1) is 5.52 Å². The van der Waals surface area contributed by atoms with Gasteiger partial charge >= 0.3 is 0 Å². The maximum atomic E-state index is 11.9. The van der Waals surface area contributed by atoms with Gasteiger partial charge in [0.15, 0.2) is 5.43 Å². The van der Waals surface area contributed by atoms with E-state index in [9.17, 15) is 4.79 Å². The molecular weight excluding hydrogens is 210 g/mol. The van der Waals surface area contributed by atoms with Crippen molar-refractivity contribution in [2.24, 2.45) is 0 Å². The highest BCUT2D eigenvalue weighted by Gasteiger charge is 2.08. The van der Waals surface area contributed by atoms with Crippen LogP contribution < -0.4 is 5.43 Å². The lowest BCUT2D eigenvalue weighted by Gasteiger charge is -2.07. The van der Waals surface area contributed by atoms with E-state index in [0.717, 1.165) is 22.3 Å². The summed E-state index contributed by atoms with van der Waals surface area (Å²) in [6.07, 6.45) is 0. The van der Waals surface area contributed by atoms with E-state index in [1.54, 1.807) is 12.1 Å².